The molecule has 3 aromatic rings. The summed E-state index contributed by atoms with van der Waals surface area (Å²) in [6.07, 6.45) is 5.27. The quantitative estimate of drug-likeness (QED) is 0.229. The van der Waals surface area contributed by atoms with Crippen molar-refractivity contribution in [3.05, 3.63) is 53.8 Å². The smallest absolute Gasteiger partial charge is 0.319 e. The van der Waals surface area contributed by atoms with Gasteiger partial charge < -0.3 is 30.3 Å². The van der Waals surface area contributed by atoms with Gasteiger partial charge in [0.25, 0.3) is 0 Å². The number of carbonyl (C=O) groups is 2. The monoisotopic (exact) mass is 595 g/mol. The van der Waals surface area contributed by atoms with Gasteiger partial charge in [-0.2, -0.15) is 0 Å². The van der Waals surface area contributed by atoms with Crippen molar-refractivity contribution in [1.29, 1.82) is 0 Å². The van der Waals surface area contributed by atoms with Crippen LogP contribution in [0.15, 0.2) is 48.1 Å². The number of likely N-dealkylation sites (N-methyl/N-ethyl adjacent to an activating group) is 1. The number of amides is 3. The van der Waals surface area contributed by atoms with E-state index in [0.717, 1.165) is 48.6 Å². The highest BCUT2D eigenvalue weighted by Crippen LogP contribution is 2.38. The van der Waals surface area contributed by atoms with Crippen LogP contribution in [0.5, 0.6) is 11.5 Å². The molecule has 1 aromatic carbocycles. The zero-order valence-corrected chi connectivity index (χ0v) is 24.2. The molecule has 222 valence electrons. The molecule has 0 unspecified atom stereocenters. The predicted octanol–water partition coefficient (Wildman–Crippen LogP) is 3.58. The molecule has 1 saturated heterocycles. The number of aliphatic imine (C=N–C) groups is 1. The molecule has 13 heteroatoms. The average Bonchev–Trinajstić information content (AvgIpc) is 3.69. The molecule has 2 fully saturated rings. The lowest BCUT2D eigenvalue weighted by Crippen LogP contribution is -2.50. The van der Waals surface area contributed by atoms with Gasteiger partial charge in [0.2, 0.25) is 5.91 Å². The van der Waals surface area contributed by atoms with Gasteiger partial charge in [-0.1, -0.05) is 6.58 Å². The van der Waals surface area contributed by atoms with Crippen LogP contribution >= 0.6 is 11.3 Å². The van der Waals surface area contributed by atoms with E-state index in [-0.39, 0.29) is 23.7 Å². The molecule has 3 heterocycles. The van der Waals surface area contributed by atoms with Crippen molar-refractivity contribution < 1.29 is 23.8 Å². The van der Waals surface area contributed by atoms with Crippen LogP contribution < -0.4 is 15.4 Å². The molecule has 2 aromatic heterocycles. The Morgan fingerprint density at radius 2 is 2.02 bits per heavy atom. The standard InChI is InChI=1S/C29H34FN7O4S/c1-19(32-18-35(2)9-10-36-11-13-37(14-12-36)27(39)17-38)26-16-23-28(42-26)25(7-8-31-23)41-24-6-5-21(15-22(24)30)34-29(40)33-20-3-4-20/h5-8,15-16,18,20,38H,1,3-4,9-14,17H2,2H3,(H2,33,34,40). The zero-order chi connectivity index (χ0) is 29.6. The number of nitrogens with zero attached hydrogens (tertiary/aromatic N) is 5. The van der Waals surface area contributed by atoms with Gasteiger partial charge in [0.15, 0.2) is 11.6 Å². The summed E-state index contributed by atoms with van der Waals surface area (Å²) in [6.45, 7) is 8.01. The number of rotatable bonds is 11. The fourth-order valence-electron chi connectivity index (χ4n) is 4.41. The number of aliphatic hydroxyl groups is 1. The summed E-state index contributed by atoms with van der Waals surface area (Å²) in [5.74, 6) is -0.335. The van der Waals surface area contributed by atoms with Crippen LogP contribution in [0.1, 0.15) is 17.7 Å². The van der Waals surface area contributed by atoms with E-state index in [1.807, 2.05) is 18.0 Å². The number of fused-ring (bicyclic) bond motifs is 1. The van der Waals surface area contributed by atoms with Crippen LogP contribution in [0, 0.1) is 5.82 Å². The van der Waals surface area contributed by atoms with Gasteiger partial charge in [0.1, 0.15) is 12.4 Å². The number of pyridine rings is 1. The second kappa shape index (κ2) is 13.3. The third-order valence-electron chi connectivity index (χ3n) is 7.02. The van der Waals surface area contributed by atoms with Crippen molar-refractivity contribution in [3.63, 3.8) is 0 Å². The number of thiophene rings is 1. The van der Waals surface area contributed by atoms with Gasteiger partial charge in [-0.25, -0.2) is 14.2 Å². The average molecular weight is 596 g/mol. The first kappa shape index (κ1) is 29.4. The van der Waals surface area contributed by atoms with Gasteiger partial charge in [0.05, 0.1) is 27.1 Å². The van der Waals surface area contributed by atoms with Crippen LogP contribution in [0.4, 0.5) is 14.9 Å². The molecule has 3 amide bonds. The Bertz CT molecular complexity index is 1480. The van der Waals surface area contributed by atoms with E-state index in [4.69, 9.17) is 9.84 Å². The van der Waals surface area contributed by atoms with E-state index in [2.05, 4.69) is 32.1 Å². The molecule has 2 aliphatic rings. The number of nitrogens with one attached hydrogen (secondary N) is 2. The van der Waals surface area contributed by atoms with Gasteiger partial charge in [0, 0.05) is 76.4 Å². The normalized spacial score (nSPS) is 15.6. The van der Waals surface area contributed by atoms with Gasteiger partial charge in [-0.05, 0) is 31.0 Å². The van der Waals surface area contributed by atoms with Crippen LogP contribution in [0.25, 0.3) is 15.9 Å². The second-order valence-electron chi connectivity index (χ2n) is 10.3. The Morgan fingerprint density at radius 1 is 1.24 bits per heavy atom. The molecule has 3 N–H and O–H groups in total. The number of hydrogen-bond donors (Lipinski definition) is 3. The molecule has 1 saturated carbocycles. The first-order valence-electron chi connectivity index (χ1n) is 13.8. The summed E-state index contributed by atoms with van der Waals surface area (Å²) >= 11 is 1.41. The Labute approximate surface area is 247 Å². The molecule has 11 nitrogen and oxygen atoms in total. The van der Waals surface area contributed by atoms with Crippen molar-refractivity contribution in [3.8, 4) is 11.5 Å². The molecule has 0 radical (unpaired) electrons. The maximum atomic E-state index is 14.8. The minimum atomic E-state index is -0.599. The lowest BCUT2D eigenvalue weighted by Gasteiger charge is -2.35. The number of halogens is 1. The molecule has 0 bridgehead atoms. The van der Waals surface area contributed by atoms with Crippen molar-refractivity contribution in [2.45, 2.75) is 18.9 Å². The number of urea groups is 1. The zero-order valence-electron chi connectivity index (χ0n) is 23.4. The molecule has 5 rings (SSSR count). The maximum absolute atomic E-state index is 14.8. The number of aliphatic hydroxyl groups excluding tert-OH is 1. The SMILES string of the molecule is C=C(N=CN(C)CCN1CCN(C(=O)CO)CC1)c1cc2nccc(Oc3ccc(NC(=O)NC4CC4)cc3F)c2s1. The second-order valence-corrected chi connectivity index (χ2v) is 11.4. The lowest BCUT2D eigenvalue weighted by molar-refractivity contribution is -0.135. The number of benzene rings is 1. The summed E-state index contributed by atoms with van der Waals surface area (Å²) in [5, 5.41) is 14.5. The molecule has 0 atom stereocenters. The van der Waals surface area contributed by atoms with Crippen molar-refractivity contribution in [2.75, 3.05) is 58.2 Å². The number of piperazine rings is 1. The third kappa shape index (κ3) is 7.60. The summed E-state index contributed by atoms with van der Waals surface area (Å²) < 4.78 is 21.5. The first-order valence-corrected chi connectivity index (χ1v) is 14.6. The largest absolute Gasteiger partial charge is 0.453 e. The highest BCUT2D eigenvalue weighted by molar-refractivity contribution is 7.20. The van der Waals surface area contributed by atoms with Crippen molar-refractivity contribution in [2.24, 2.45) is 4.99 Å². The van der Waals surface area contributed by atoms with Crippen LogP contribution in [-0.4, -0.2) is 102 Å². The van der Waals surface area contributed by atoms with E-state index in [9.17, 15) is 14.0 Å². The van der Waals surface area contributed by atoms with E-state index >= 15 is 0 Å². The molecule has 42 heavy (non-hydrogen) atoms. The number of anilines is 1. The minimum absolute atomic E-state index is 0.0329. The lowest BCUT2D eigenvalue weighted by atomic mass is 10.3. The number of carbonyl (C=O) groups excluding carboxylic acids is 2. The number of hydrogen-bond acceptors (Lipinski definition) is 8. The number of aromatic nitrogens is 1. The topological polar surface area (TPSA) is 123 Å². The number of ether oxygens (including phenoxy) is 1. The molecular weight excluding hydrogens is 561 g/mol. The molecule has 1 aliphatic heterocycles. The van der Waals surface area contributed by atoms with Crippen LogP contribution in [0.3, 0.4) is 0 Å². The molecule has 0 spiro atoms. The fourth-order valence-corrected chi connectivity index (χ4v) is 5.39. The summed E-state index contributed by atoms with van der Waals surface area (Å²) in [7, 11) is 1.94. The van der Waals surface area contributed by atoms with E-state index in [0.29, 0.717) is 35.7 Å². The van der Waals surface area contributed by atoms with Crippen molar-refractivity contribution >= 4 is 51.2 Å². The maximum Gasteiger partial charge on any atom is 0.319 e. The summed E-state index contributed by atoms with van der Waals surface area (Å²) in [6, 6.07) is 7.71. The Balaban J connectivity index is 1.16. The third-order valence-corrected chi connectivity index (χ3v) is 8.21. The van der Waals surface area contributed by atoms with E-state index in [1.165, 1.54) is 23.5 Å². The van der Waals surface area contributed by atoms with Gasteiger partial charge in [-0.3, -0.25) is 14.7 Å². The molecule has 1 aliphatic carbocycles. The van der Waals surface area contributed by atoms with Crippen molar-refractivity contribution in [1.82, 2.24) is 25.0 Å². The van der Waals surface area contributed by atoms with Gasteiger partial charge >= 0.3 is 6.03 Å². The van der Waals surface area contributed by atoms with Crippen LogP contribution in [0.2, 0.25) is 0 Å². The highest BCUT2D eigenvalue weighted by atomic mass is 32.1. The molecular formula is C29H34FN7O4S. The highest BCUT2D eigenvalue weighted by Gasteiger charge is 2.23. The Kier molecular flexibility index (Phi) is 9.30. The minimum Gasteiger partial charge on any atom is -0.453 e. The Hall–Kier alpha value is -4.07. The van der Waals surface area contributed by atoms with E-state index < -0.39 is 12.4 Å². The fraction of sp³-hybridized carbons (Fsp3) is 0.379. The summed E-state index contributed by atoms with van der Waals surface area (Å²) in [4.78, 5) is 39.3. The van der Waals surface area contributed by atoms with Crippen LogP contribution in [-0.2, 0) is 4.79 Å². The van der Waals surface area contributed by atoms with Gasteiger partial charge in [-0.15, -0.1) is 11.3 Å². The predicted molar refractivity (Wildman–Crippen MR) is 162 cm³/mol. The first-order chi connectivity index (χ1) is 20.3. The Morgan fingerprint density at radius 3 is 2.74 bits per heavy atom. The summed E-state index contributed by atoms with van der Waals surface area (Å²) in [5.41, 5.74) is 1.59. The van der Waals surface area contributed by atoms with E-state index in [1.54, 1.807) is 29.6 Å².